The van der Waals surface area contributed by atoms with Crippen molar-refractivity contribution in [3.05, 3.63) is 41.6 Å². The maximum atomic E-state index is 10.7. The van der Waals surface area contributed by atoms with Crippen molar-refractivity contribution in [1.29, 1.82) is 0 Å². The first kappa shape index (κ1) is 9.09. The third-order valence-corrected chi connectivity index (χ3v) is 2.90. The van der Waals surface area contributed by atoms with E-state index in [0.717, 1.165) is 16.7 Å². The topological polar surface area (TPSA) is 30.0 Å². The summed E-state index contributed by atoms with van der Waals surface area (Å²) in [5.41, 5.74) is 2.94. The third-order valence-electron chi connectivity index (χ3n) is 2.04. The third kappa shape index (κ3) is 1.59. The first-order valence-electron chi connectivity index (χ1n) is 4.28. The van der Waals surface area contributed by atoms with Crippen LogP contribution < -0.4 is 0 Å². The lowest BCUT2D eigenvalue weighted by atomic mass is 10.1. The molecule has 0 unspecified atom stereocenters. The lowest BCUT2D eigenvalue weighted by molar-refractivity contribution is 0.112. The largest absolute Gasteiger partial charge is 0.298 e. The predicted octanol–water partition coefficient (Wildman–Crippen LogP) is 2.93. The summed E-state index contributed by atoms with van der Waals surface area (Å²) in [6.45, 7) is 2.04. The van der Waals surface area contributed by atoms with E-state index >= 15 is 0 Å². The molecule has 1 aromatic carbocycles. The number of aldehydes is 1. The minimum atomic E-state index is 0.666. The molecule has 1 heterocycles. The van der Waals surface area contributed by atoms with Crippen LogP contribution in [0.1, 0.15) is 15.9 Å². The van der Waals surface area contributed by atoms with E-state index in [1.54, 1.807) is 6.20 Å². The molecule has 14 heavy (non-hydrogen) atoms. The molecule has 2 aromatic rings. The van der Waals surface area contributed by atoms with Gasteiger partial charge in [0.15, 0.2) is 6.29 Å². The monoisotopic (exact) mass is 203 g/mol. The standard InChI is InChI=1S/C11H9NOS/c1-8-2-4-9(5-3-8)11-10(7-13)6-12-14-11/h2-7H,1H3. The van der Waals surface area contributed by atoms with Gasteiger partial charge >= 0.3 is 0 Å². The van der Waals surface area contributed by atoms with E-state index in [4.69, 9.17) is 0 Å². The Morgan fingerprint density at radius 2 is 2.00 bits per heavy atom. The van der Waals surface area contributed by atoms with Crippen molar-refractivity contribution in [2.24, 2.45) is 0 Å². The number of aryl methyl sites for hydroxylation is 1. The first-order chi connectivity index (χ1) is 6.81. The minimum Gasteiger partial charge on any atom is -0.298 e. The second kappa shape index (κ2) is 3.72. The van der Waals surface area contributed by atoms with E-state index in [2.05, 4.69) is 4.37 Å². The highest BCUT2D eigenvalue weighted by Gasteiger charge is 2.06. The van der Waals surface area contributed by atoms with Crippen LogP contribution in [-0.4, -0.2) is 10.7 Å². The second-order valence-corrected chi connectivity index (χ2v) is 3.90. The lowest BCUT2D eigenvalue weighted by Crippen LogP contribution is -1.80. The van der Waals surface area contributed by atoms with E-state index in [1.807, 2.05) is 31.2 Å². The van der Waals surface area contributed by atoms with Gasteiger partial charge in [0.05, 0.1) is 16.6 Å². The van der Waals surface area contributed by atoms with Crippen LogP contribution in [0.2, 0.25) is 0 Å². The van der Waals surface area contributed by atoms with Gasteiger partial charge in [0, 0.05) is 0 Å². The fraction of sp³-hybridized carbons (Fsp3) is 0.0909. The Morgan fingerprint density at radius 1 is 1.29 bits per heavy atom. The molecule has 0 atom stereocenters. The summed E-state index contributed by atoms with van der Waals surface area (Å²) in [4.78, 5) is 11.6. The molecule has 0 N–H and O–H groups in total. The Hall–Kier alpha value is -1.48. The summed E-state index contributed by atoms with van der Waals surface area (Å²) in [7, 11) is 0. The van der Waals surface area contributed by atoms with Crippen molar-refractivity contribution in [1.82, 2.24) is 4.37 Å². The van der Waals surface area contributed by atoms with Gasteiger partial charge in [0.25, 0.3) is 0 Å². The SMILES string of the molecule is Cc1ccc(-c2sncc2C=O)cc1. The quantitative estimate of drug-likeness (QED) is 0.702. The average Bonchev–Trinajstić information content (AvgIpc) is 2.67. The number of nitrogens with zero attached hydrogens (tertiary/aromatic N) is 1. The Bertz CT molecular complexity index is 445. The molecule has 0 fully saturated rings. The number of hydrogen-bond donors (Lipinski definition) is 0. The number of aromatic nitrogens is 1. The van der Waals surface area contributed by atoms with Gasteiger partial charge in [-0.05, 0) is 24.0 Å². The van der Waals surface area contributed by atoms with Crippen LogP contribution in [0.5, 0.6) is 0 Å². The Morgan fingerprint density at radius 3 is 2.64 bits per heavy atom. The number of benzene rings is 1. The summed E-state index contributed by atoms with van der Waals surface area (Å²) in [5, 5.41) is 0. The zero-order valence-corrected chi connectivity index (χ0v) is 8.54. The molecule has 0 bridgehead atoms. The molecular formula is C11H9NOS. The molecule has 0 saturated heterocycles. The average molecular weight is 203 g/mol. The van der Waals surface area contributed by atoms with Crippen LogP contribution in [0, 0.1) is 6.92 Å². The van der Waals surface area contributed by atoms with Gasteiger partial charge in [-0.15, -0.1) is 0 Å². The van der Waals surface area contributed by atoms with Crippen molar-refractivity contribution in [3.8, 4) is 10.4 Å². The van der Waals surface area contributed by atoms with E-state index in [9.17, 15) is 4.79 Å². The van der Waals surface area contributed by atoms with Crippen molar-refractivity contribution in [3.63, 3.8) is 0 Å². The Labute approximate surface area is 86.4 Å². The molecular weight excluding hydrogens is 194 g/mol. The molecule has 0 radical (unpaired) electrons. The van der Waals surface area contributed by atoms with Crippen LogP contribution in [0.4, 0.5) is 0 Å². The van der Waals surface area contributed by atoms with Crippen LogP contribution >= 0.6 is 11.5 Å². The summed E-state index contributed by atoms with van der Waals surface area (Å²) < 4.78 is 4.00. The molecule has 3 heteroatoms. The highest BCUT2D eigenvalue weighted by molar-refractivity contribution is 7.10. The van der Waals surface area contributed by atoms with Gasteiger partial charge in [-0.1, -0.05) is 29.8 Å². The fourth-order valence-corrected chi connectivity index (χ4v) is 1.97. The smallest absolute Gasteiger partial charge is 0.153 e. The number of hydrogen-bond acceptors (Lipinski definition) is 3. The molecule has 1 aromatic heterocycles. The van der Waals surface area contributed by atoms with E-state index in [0.29, 0.717) is 5.56 Å². The van der Waals surface area contributed by atoms with Gasteiger partial charge in [-0.25, -0.2) is 0 Å². The number of carbonyl (C=O) groups excluding carboxylic acids is 1. The van der Waals surface area contributed by atoms with Gasteiger partial charge in [0.1, 0.15) is 0 Å². The number of carbonyl (C=O) groups is 1. The lowest BCUT2D eigenvalue weighted by Gasteiger charge is -1.98. The normalized spacial score (nSPS) is 10.1. The molecule has 2 rings (SSSR count). The highest BCUT2D eigenvalue weighted by Crippen LogP contribution is 2.26. The van der Waals surface area contributed by atoms with Gasteiger partial charge in [0.2, 0.25) is 0 Å². The van der Waals surface area contributed by atoms with Crippen molar-refractivity contribution >= 4 is 17.8 Å². The Balaban J connectivity index is 2.49. The highest BCUT2D eigenvalue weighted by atomic mass is 32.1. The molecule has 0 aliphatic rings. The van der Waals surface area contributed by atoms with E-state index in [-0.39, 0.29) is 0 Å². The summed E-state index contributed by atoms with van der Waals surface area (Å²) in [5.74, 6) is 0. The molecule has 0 amide bonds. The maximum absolute atomic E-state index is 10.7. The molecule has 0 aliphatic carbocycles. The molecule has 2 nitrogen and oxygen atoms in total. The van der Waals surface area contributed by atoms with Crippen LogP contribution in [0.15, 0.2) is 30.5 Å². The van der Waals surface area contributed by atoms with Crippen LogP contribution in [0.3, 0.4) is 0 Å². The summed E-state index contributed by atoms with van der Waals surface area (Å²) in [6.07, 6.45) is 2.45. The molecule has 0 spiro atoms. The predicted molar refractivity (Wildman–Crippen MR) is 57.7 cm³/mol. The molecule has 0 aliphatic heterocycles. The fourth-order valence-electron chi connectivity index (χ4n) is 1.26. The van der Waals surface area contributed by atoms with Gasteiger partial charge < -0.3 is 0 Å². The van der Waals surface area contributed by atoms with Crippen molar-refractivity contribution < 1.29 is 4.79 Å². The Kier molecular flexibility index (Phi) is 2.41. The van der Waals surface area contributed by atoms with Crippen molar-refractivity contribution in [2.45, 2.75) is 6.92 Å². The van der Waals surface area contributed by atoms with Gasteiger partial charge in [-0.3, -0.25) is 4.79 Å². The minimum absolute atomic E-state index is 0.666. The molecule has 0 saturated carbocycles. The van der Waals surface area contributed by atoms with Crippen LogP contribution in [0.25, 0.3) is 10.4 Å². The zero-order valence-electron chi connectivity index (χ0n) is 7.73. The number of rotatable bonds is 2. The van der Waals surface area contributed by atoms with E-state index in [1.165, 1.54) is 17.1 Å². The zero-order chi connectivity index (χ0) is 9.97. The first-order valence-corrected chi connectivity index (χ1v) is 5.05. The molecule has 70 valence electrons. The summed E-state index contributed by atoms with van der Waals surface area (Å²) >= 11 is 1.35. The van der Waals surface area contributed by atoms with Gasteiger partial charge in [-0.2, -0.15) is 4.37 Å². The van der Waals surface area contributed by atoms with E-state index < -0.39 is 0 Å². The second-order valence-electron chi connectivity index (χ2n) is 3.09. The maximum Gasteiger partial charge on any atom is 0.153 e. The van der Waals surface area contributed by atoms with Crippen molar-refractivity contribution in [2.75, 3.05) is 0 Å². The summed E-state index contributed by atoms with van der Waals surface area (Å²) in [6, 6.07) is 8.08. The van der Waals surface area contributed by atoms with Crippen LogP contribution in [-0.2, 0) is 0 Å².